The highest BCUT2D eigenvalue weighted by atomic mass is 32.1. The van der Waals surface area contributed by atoms with Crippen molar-refractivity contribution < 1.29 is 4.74 Å². The molecule has 2 N–H and O–H groups in total. The smallest absolute Gasteiger partial charge is 0.119 e. The molecule has 0 saturated carbocycles. The van der Waals surface area contributed by atoms with Gasteiger partial charge in [0.05, 0.1) is 0 Å². The van der Waals surface area contributed by atoms with E-state index in [4.69, 9.17) is 10.5 Å². The van der Waals surface area contributed by atoms with Crippen molar-refractivity contribution in [3.63, 3.8) is 0 Å². The van der Waals surface area contributed by atoms with Gasteiger partial charge in [0.1, 0.15) is 12.4 Å². The summed E-state index contributed by atoms with van der Waals surface area (Å²) in [6.07, 6.45) is 0. The zero-order valence-electron chi connectivity index (χ0n) is 11.4. The van der Waals surface area contributed by atoms with Crippen LogP contribution < -0.4 is 10.5 Å². The molecule has 0 aliphatic carbocycles. The Morgan fingerprint density at radius 1 is 1.10 bits per heavy atom. The van der Waals surface area contributed by atoms with Crippen molar-refractivity contribution in [2.24, 2.45) is 5.73 Å². The highest BCUT2D eigenvalue weighted by Gasteiger charge is 2.05. The first-order valence-electron chi connectivity index (χ1n) is 6.65. The molecule has 0 spiro atoms. The summed E-state index contributed by atoms with van der Waals surface area (Å²) >= 11 is 1.75. The van der Waals surface area contributed by atoms with E-state index >= 15 is 0 Å². The second-order valence-corrected chi connectivity index (χ2v) is 5.81. The quantitative estimate of drug-likeness (QED) is 0.777. The number of hydrogen-bond acceptors (Lipinski definition) is 3. The average molecular weight is 283 g/mol. The van der Waals surface area contributed by atoms with E-state index in [1.807, 2.05) is 12.1 Å². The monoisotopic (exact) mass is 283 g/mol. The molecule has 0 aliphatic heterocycles. The molecular formula is C17H17NOS. The third-order valence-corrected chi connectivity index (χ3v) is 4.37. The summed E-state index contributed by atoms with van der Waals surface area (Å²) in [6, 6.07) is 14.5. The van der Waals surface area contributed by atoms with Crippen LogP contribution in [0.15, 0.2) is 47.8 Å². The fourth-order valence-electron chi connectivity index (χ4n) is 2.16. The van der Waals surface area contributed by atoms with E-state index in [0.717, 1.165) is 5.75 Å². The zero-order valence-corrected chi connectivity index (χ0v) is 12.2. The molecule has 0 aliphatic rings. The van der Waals surface area contributed by atoms with Crippen LogP contribution >= 0.6 is 11.3 Å². The zero-order chi connectivity index (χ0) is 13.9. The molecule has 0 amide bonds. The van der Waals surface area contributed by atoms with Crippen molar-refractivity contribution in [2.45, 2.75) is 20.1 Å². The van der Waals surface area contributed by atoms with E-state index in [1.54, 1.807) is 11.3 Å². The van der Waals surface area contributed by atoms with Crippen LogP contribution in [0.2, 0.25) is 0 Å². The van der Waals surface area contributed by atoms with Crippen molar-refractivity contribution in [2.75, 3.05) is 0 Å². The van der Waals surface area contributed by atoms with Crippen molar-refractivity contribution in [1.29, 1.82) is 0 Å². The largest absolute Gasteiger partial charge is 0.489 e. The molecule has 0 unspecified atom stereocenters. The third-order valence-electron chi connectivity index (χ3n) is 3.37. The van der Waals surface area contributed by atoms with Gasteiger partial charge in [-0.05, 0) is 41.5 Å². The lowest BCUT2D eigenvalue weighted by atomic mass is 10.1. The van der Waals surface area contributed by atoms with Gasteiger partial charge in [-0.25, -0.2) is 0 Å². The molecule has 1 aromatic heterocycles. The van der Waals surface area contributed by atoms with Gasteiger partial charge in [0.2, 0.25) is 0 Å². The Morgan fingerprint density at radius 3 is 2.65 bits per heavy atom. The Kier molecular flexibility index (Phi) is 3.72. The van der Waals surface area contributed by atoms with E-state index < -0.39 is 0 Å². The summed E-state index contributed by atoms with van der Waals surface area (Å²) in [5.74, 6) is 0.911. The van der Waals surface area contributed by atoms with E-state index in [0.29, 0.717) is 13.2 Å². The van der Waals surface area contributed by atoms with Crippen LogP contribution in [-0.4, -0.2) is 0 Å². The number of ether oxygens (including phenoxy) is 1. The number of fused-ring (bicyclic) bond motifs is 1. The first kappa shape index (κ1) is 13.2. The number of rotatable bonds is 4. The molecule has 1 heterocycles. The lowest BCUT2D eigenvalue weighted by molar-refractivity contribution is 0.308. The lowest BCUT2D eigenvalue weighted by Crippen LogP contribution is -1.96. The highest BCUT2D eigenvalue weighted by molar-refractivity contribution is 7.17. The molecule has 0 saturated heterocycles. The highest BCUT2D eigenvalue weighted by Crippen LogP contribution is 2.28. The van der Waals surface area contributed by atoms with Gasteiger partial charge in [-0.3, -0.25) is 0 Å². The van der Waals surface area contributed by atoms with E-state index in [1.165, 1.54) is 26.8 Å². The van der Waals surface area contributed by atoms with Gasteiger partial charge < -0.3 is 10.5 Å². The molecule has 0 bridgehead atoms. The number of benzene rings is 2. The van der Waals surface area contributed by atoms with Crippen LogP contribution in [-0.2, 0) is 13.2 Å². The standard InChI is InChI=1S/C17H17NOS/c1-12-2-5-15(6-3-12)19-10-14-11-20-17-8-13(9-18)4-7-16(14)17/h2-8,11H,9-10,18H2,1H3. The van der Waals surface area contributed by atoms with Gasteiger partial charge >= 0.3 is 0 Å². The van der Waals surface area contributed by atoms with Gasteiger partial charge in [-0.15, -0.1) is 11.3 Å². The Balaban J connectivity index is 1.79. The molecule has 2 nitrogen and oxygen atoms in total. The number of hydrogen-bond donors (Lipinski definition) is 1. The summed E-state index contributed by atoms with van der Waals surface area (Å²) in [6.45, 7) is 3.26. The molecule has 0 atom stereocenters. The predicted octanol–water partition coefficient (Wildman–Crippen LogP) is 4.25. The van der Waals surface area contributed by atoms with E-state index in [9.17, 15) is 0 Å². The second-order valence-electron chi connectivity index (χ2n) is 4.90. The molecule has 3 rings (SSSR count). The van der Waals surface area contributed by atoms with Gasteiger partial charge in [-0.1, -0.05) is 29.8 Å². The van der Waals surface area contributed by atoms with Crippen molar-refractivity contribution >= 4 is 21.4 Å². The molecule has 3 heteroatoms. The lowest BCUT2D eigenvalue weighted by Gasteiger charge is -2.06. The Morgan fingerprint density at radius 2 is 1.90 bits per heavy atom. The number of thiophene rings is 1. The minimum absolute atomic E-state index is 0.586. The van der Waals surface area contributed by atoms with Crippen LogP contribution in [0.25, 0.3) is 10.1 Å². The third kappa shape index (κ3) is 2.69. The number of aryl methyl sites for hydroxylation is 1. The average Bonchev–Trinajstić information content (AvgIpc) is 2.89. The van der Waals surface area contributed by atoms with Crippen molar-refractivity contribution in [3.8, 4) is 5.75 Å². The Hall–Kier alpha value is -1.84. The normalized spacial score (nSPS) is 10.9. The Bertz CT molecular complexity index is 715. The maximum absolute atomic E-state index is 5.85. The van der Waals surface area contributed by atoms with Crippen LogP contribution in [0.1, 0.15) is 16.7 Å². The van der Waals surface area contributed by atoms with Crippen LogP contribution in [0.4, 0.5) is 0 Å². The van der Waals surface area contributed by atoms with Gasteiger partial charge in [0.15, 0.2) is 0 Å². The summed E-state index contributed by atoms with van der Waals surface area (Å²) in [5.41, 5.74) is 9.32. The first-order chi connectivity index (χ1) is 9.76. The maximum Gasteiger partial charge on any atom is 0.119 e. The second kappa shape index (κ2) is 5.65. The van der Waals surface area contributed by atoms with Gasteiger partial charge in [-0.2, -0.15) is 0 Å². The van der Waals surface area contributed by atoms with Crippen LogP contribution in [0, 0.1) is 6.92 Å². The summed E-state index contributed by atoms with van der Waals surface area (Å²) in [4.78, 5) is 0. The van der Waals surface area contributed by atoms with Gasteiger partial charge in [0, 0.05) is 16.8 Å². The molecular weight excluding hydrogens is 266 g/mol. The molecule has 2 aromatic carbocycles. The fraction of sp³-hybridized carbons (Fsp3) is 0.176. The van der Waals surface area contributed by atoms with Crippen LogP contribution in [0.3, 0.4) is 0 Å². The summed E-state index contributed by atoms with van der Waals surface area (Å²) in [7, 11) is 0. The minimum Gasteiger partial charge on any atom is -0.489 e. The van der Waals surface area contributed by atoms with Crippen LogP contribution in [0.5, 0.6) is 5.75 Å². The Labute approximate surface area is 122 Å². The molecule has 0 fully saturated rings. The summed E-state index contributed by atoms with van der Waals surface area (Å²) in [5, 5.41) is 3.43. The minimum atomic E-state index is 0.586. The predicted molar refractivity (Wildman–Crippen MR) is 85.2 cm³/mol. The maximum atomic E-state index is 5.85. The fourth-order valence-corrected chi connectivity index (χ4v) is 3.17. The van der Waals surface area contributed by atoms with E-state index in [-0.39, 0.29) is 0 Å². The molecule has 20 heavy (non-hydrogen) atoms. The molecule has 3 aromatic rings. The number of nitrogens with two attached hydrogens (primary N) is 1. The van der Waals surface area contributed by atoms with E-state index in [2.05, 4.69) is 42.6 Å². The van der Waals surface area contributed by atoms with Crippen molar-refractivity contribution in [1.82, 2.24) is 0 Å². The SMILES string of the molecule is Cc1ccc(OCc2csc3cc(CN)ccc23)cc1. The molecule has 102 valence electrons. The summed E-state index contributed by atoms with van der Waals surface area (Å²) < 4.78 is 7.13. The molecule has 0 radical (unpaired) electrons. The van der Waals surface area contributed by atoms with Crippen molar-refractivity contribution in [3.05, 3.63) is 64.5 Å². The first-order valence-corrected chi connectivity index (χ1v) is 7.53. The van der Waals surface area contributed by atoms with Gasteiger partial charge in [0.25, 0.3) is 0 Å². The topological polar surface area (TPSA) is 35.2 Å².